The van der Waals surface area contributed by atoms with Crippen molar-refractivity contribution in [3.8, 4) is 0 Å². The smallest absolute Gasteiger partial charge is 0.243 e. The van der Waals surface area contributed by atoms with Crippen molar-refractivity contribution in [3.63, 3.8) is 0 Å². The zero-order valence-electron chi connectivity index (χ0n) is 19.6. The Morgan fingerprint density at radius 2 is 0.825 bits per heavy atom. The molecule has 0 radical (unpaired) electrons. The molecular formula is C26H14F12N2. The number of aromatic nitrogens is 2. The Bertz CT molecular complexity index is 1460. The van der Waals surface area contributed by atoms with Gasteiger partial charge >= 0.3 is 24.7 Å². The zero-order chi connectivity index (χ0) is 30.3. The van der Waals surface area contributed by atoms with Gasteiger partial charge in [0.1, 0.15) is 11.4 Å². The lowest BCUT2D eigenvalue weighted by Gasteiger charge is -2.14. The second kappa shape index (κ2) is 10.5. The summed E-state index contributed by atoms with van der Waals surface area (Å²) < 4.78 is 153. The van der Waals surface area contributed by atoms with Crippen LogP contribution in [0.25, 0.3) is 34.0 Å². The molecule has 2 aromatic carbocycles. The first-order valence-corrected chi connectivity index (χ1v) is 10.7. The third-order valence-corrected chi connectivity index (χ3v) is 5.37. The zero-order valence-corrected chi connectivity index (χ0v) is 19.6. The largest absolute Gasteiger partial charge is 0.433 e. The van der Waals surface area contributed by atoms with Gasteiger partial charge in [-0.1, -0.05) is 49.6 Å². The minimum absolute atomic E-state index is 0.0252. The fourth-order valence-electron chi connectivity index (χ4n) is 3.64. The number of halogens is 12. The molecule has 0 fully saturated rings. The second-order valence-electron chi connectivity index (χ2n) is 8.00. The maximum atomic E-state index is 12.8. The first kappa shape index (κ1) is 30.4. The number of hydrogen-bond donors (Lipinski definition) is 0. The molecule has 0 aliphatic heterocycles. The monoisotopic (exact) mass is 582 g/mol. The number of rotatable bonds is 2. The summed E-state index contributed by atoms with van der Waals surface area (Å²) in [7, 11) is 0. The number of fused-ring (bicyclic) bond motifs is 2. The average molecular weight is 582 g/mol. The number of nitrogens with zero attached hydrogens (tertiary/aromatic N) is 2. The van der Waals surface area contributed by atoms with E-state index >= 15 is 0 Å². The maximum Gasteiger partial charge on any atom is 0.433 e. The molecule has 0 bridgehead atoms. The van der Waals surface area contributed by atoms with Gasteiger partial charge in [-0.25, -0.2) is 9.97 Å². The van der Waals surface area contributed by atoms with Gasteiger partial charge in [0.2, 0.25) is 0 Å². The highest BCUT2D eigenvalue weighted by molar-refractivity contribution is 5.91. The molecule has 2 nitrogen and oxygen atoms in total. The third kappa shape index (κ3) is 6.37. The lowest BCUT2D eigenvalue weighted by molar-refractivity contribution is -0.142. The lowest BCUT2D eigenvalue weighted by Crippen LogP contribution is -2.12. The highest BCUT2D eigenvalue weighted by Crippen LogP contribution is 2.39. The summed E-state index contributed by atoms with van der Waals surface area (Å²) in [4.78, 5) is 6.26. The van der Waals surface area contributed by atoms with Crippen molar-refractivity contribution in [1.82, 2.24) is 9.97 Å². The Labute approximate surface area is 217 Å². The molecule has 0 atom stereocenters. The van der Waals surface area contributed by atoms with Crippen LogP contribution in [0.1, 0.15) is 33.6 Å². The van der Waals surface area contributed by atoms with Crippen LogP contribution in [0.5, 0.6) is 0 Å². The predicted octanol–water partition coefficient (Wildman–Crippen LogP) is 9.83. The summed E-state index contributed by atoms with van der Waals surface area (Å²) in [5, 5.41) is -0.0503. The normalized spacial score (nSPS) is 12.7. The lowest BCUT2D eigenvalue weighted by atomic mass is 10.0. The molecule has 4 rings (SSSR count). The molecule has 2 heterocycles. The molecule has 0 saturated heterocycles. The van der Waals surface area contributed by atoms with E-state index in [0.29, 0.717) is 24.3 Å². The Kier molecular flexibility index (Phi) is 7.97. The molecule has 40 heavy (non-hydrogen) atoms. The third-order valence-electron chi connectivity index (χ3n) is 5.37. The van der Waals surface area contributed by atoms with Crippen LogP contribution in [0.4, 0.5) is 52.7 Å². The van der Waals surface area contributed by atoms with E-state index in [1.807, 2.05) is 0 Å². The van der Waals surface area contributed by atoms with E-state index in [0.717, 1.165) is 24.3 Å². The summed E-state index contributed by atoms with van der Waals surface area (Å²) in [6, 6.07) is 7.53. The van der Waals surface area contributed by atoms with Gasteiger partial charge in [0.15, 0.2) is 0 Å². The molecular weight excluding hydrogens is 568 g/mol. The van der Waals surface area contributed by atoms with Crippen molar-refractivity contribution in [2.24, 2.45) is 0 Å². The quantitative estimate of drug-likeness (QED) is 0.220. The van der Waals surface area contributed by atoms with Gasteiger partial charge in [-0.15, -0.1) is 0 Å². The molecule has 0 amide bonds. The Morgan fingerprint density at radius 3 is 1.07 bits per heavy atom. The van der Waals surface area contributed by atoms with Crippen LogP contribution in [-0.4, -0.2) is 9.97 Å². The Balaban J connectivity index is 0.000000220. The van der Waals surface area contributed by atoms with Gasteiger partial charge in [0.25, 0.3) is 0 Å². The maximum absolute atomic E-state index is 12.8. The van der Waals surface area contributed by atoms with Gasteiger partial charge in [-0.3, -0.25) is 0 Å². The van der Waals surface area contributed by atoms with Crippen molar-refractivity contribution >= 4 is 34.0 Å². The molecule has 0 N–H and O–H groups in total. The second-order valence-corrected chi connectivity index (χ2v) is 8.00. The molecule has 0 spiro atoms. The summed E-state index contributed by atoms with van der Waals surface area (Å²) >= 11 is 0. The molecule has 2 aromatic heterocycles. The van der Waals surface area contributed by atoms with Crippen molar-refractivity contribution < 1.29 is 52.7 Å². The van der Waals surface area contributed by atoms with E-state index in [2.05, 4.69) is 23.1 Å². The van der Waals surface area contributed by atoms with Gasteiger partial charge in [-0.05, 0) is 35.4 Å². The van der Waals surface area contributed by atoms with E-state index in [9.17, 15) is 52.7 Å². The van der Waals surface area contributed by atoms with Crippen LogP contribution < -0.4 is 0 Å². The minimum Gasteiger partial charge on any atom is -0.243 e. The number of para-hydroxylation sites is 2. The molecule has 0 unspecified atom stereocenters. The van der Waals surface area contributed by atoms with Crippen LogP contribution in [0, 0.1) is 0 Å². The number of hydrogen-bond acceptors (Lipinski definition) is 2. The average Bonchev–Trinajstić information content (AvgIpc) is 2.84. The van der Waals surface area contributed by atoms with Crippen LogP contribution in [-0.2, 0) is 24.7 Å². The van der Waals surface area contributed by atoms with E-state index in [1.54, 1.807) is 0 Å². The molecule has 14 heteroatoms. The topological polar surface area (TPSA) is 25.8 Å². The van der Waals surface area contributed by atoms with Crippen molar-refractivity contribution in [1.29, 1.82) is 0 Å². The number of alkyl halides is 12. The summed E-state index contributed by atoms with van der Waals surface area (Å²) in [5.41, 5.74) is -6.72. The van der Waals surface area contributed by atoms with Crippen LogP contribution >= 0.6 is 0 Å². The Hall–Kier alpha value is -4.10. The molecule has 0 saturated carbocycles. The number of pyridine rings is 2. The highest BCUT2D eigenvalue weighted by Gasteiger charge is 2.38. The first-order valence-electron chi connectivity index (χ1n) is 10.7. The van der Waals surface area contributed by atoms with Crippen LogP contribution in [0.3, 0.4) is 0 Å². The SMILES string of the molecule is C=Cc1cc(C(F)(F)F)nc2c(C(F)(F)F)cccc12.C=Cc1cc(C(F)(F)F)nc2c(C(F)(F)F)cccc12. The fourth-order valence-corrected chi connectivity index (χ4v) is 3.64. The molecule has 0 aliphatic carbocycles. The fraction of sp³-hybridized carbons (Fsp3) is 0.154. The van der Waals surface area contributed by atoms with Gasteiger partial charge < -0.3 is 0 Å². The van der Waals surface area contributed by atoms with Gasteiger partial charge in [0, 0.05) is 10.8 Å². The standard InChI is InChI=1S/2C13H7F6N/c2*1-2-7-6-10(13(17,18)19)20-11-8(7)4-3-5-9(11)12(14,15)16/h2*2-6H,1H2. The van der Waals surface area contributed by atoms with Crippen molar-refractivity contribution in [2.45, 2.75) is 24.7 Å². The van der Waals surface area contributed by atoms with E-state index in [1.165, 1.54) is 12.1 Å². The van der Waals surface area contributed by atoms with Crippen LogP contribution in [0.15, 0.2) is 61.7 Å². The number of benzene rings is 2. The van der Waals surface area contributed by atoms with E-state index < -0.39 is 58.3 Å². The molecule has 4 aromatic rings. The molecule has 0 aliphatic rings. The van der Waals surface area contributed by atoms with Gasteiger partial charge in [-0.2, -0.15) is 52.7 Å². The summed E-state index contributed by atoms with van der Waals surface area (Å²) in [5.74, 6) is 0. The molecule has 212 valence electrons. The summed E-state index contributed by atoms with van der Waals surface area (Å²) in [6.07, 6.45) is -17.1. The predicted molar refractivity (Wildman–Crippen MR) is 124 cm³/mol. The van der Waals surface area contributed by atoms with Crippen LogP contribution in [0.2, 0.25) is 0 Å². The summed E-state index contributed by atoms with van der Waals surface area (Å²) in [6.45, 7) is 6.64. The minimum atomic E-state index is -4.83. The van der Waals surface area contributed by atoms with E-state index in [-0.39, 0.29) is 21.9 Å². The van der Waals surface area contributed by atoms with Crippen molar-refractivity contribution in [2.75, 3.05) is 0 Å². The highest BCUT2D eigenvalue weighted by atomic mass is 19.4. The van der Waals surface area contributed by atoms with Crippen molar-refractivity contribution in [3.05, 3.63) is 95.3 Å². The first-order chi connectivity index (χ1) is 18.3. The van der Waals surface area contributed by atoms with Gasteiger partial charge in [0.05, 0.1) is 22.2 Å². The Morgan fingerprint density at radius 1 is 0.500 bits per heavy atom. The van der Waals surface area contributed by atoms with E-state index in [4.69, 9.17) is 0 Å².